The van der Waals surface area contributed by atoms with Crippen molar-refractivity contribution < 1.29 is 21.6 Å². The molecule has 1 fully saturated rings. The van der Waals surface area contributed by atoms with Crippen molar-refractivity contribution in [3.63, 3.8) is 0 Å². The topological polar surface area (TPSA) is 46.2 Å². The Hall–Kier alpha value is -0.790. The van der Waals surface area contributed by atoms with E-state index in [0.29, 0.717) is 25.7 Å². The van der Waals surface area contributed by atoms with Crippen LogP contribution in [0.15, 0.2) is 29.2 Å². The van der Waals surface area contributed by atoms with Crippen LogP contribution in [0.25, 0.3) is 0 Å². The van der Waals surface area contributed by atoms with Gasteiger partial charge in [0.25, 0.3) is 0 Å². The van der Waals surface area contributed by atoms with Crippen LogP contribution in [0.1, 0.15) is 31.2 Å². The summed E-state index contributed by atoms with van der Waals surface area (Å²) < 4.78 is 65.5. The summed E-state index contributed by atoms with van der Waals surface area (Å²) in [4.78, 5) is -0.731. The van der Waals surface area contributed by atoms with Gasteiger partial charge in [0.1, 0.15) is 0 Å². The molecule has 0 heterocycles. The first-order valence-corrected chi connectivity index (χ1v) is 8.45. The first-order chi connectivity index (χ1) is 9.70. The highest BCUT2D eigenvalue weighted by molar-refractivity contribution is 7.89. The molecule has 0 bridgehead atoms. The molecule has 1 aromatic carbocycles. The number of hydrogen-bond acceptors (Lipinski definition) is 2. The van der Waals surface area contributed by atoms with Gasteiger partial charge in [-0.2, -0.15) is 13.2 Å². The van der Waals surface area contributed by atoms with Crippen LogP contribution in [0.5, 0.6) is 0 Å². The summed E-state index contributed by atoms with van der Waals surface area (Å²) in [6, 6.07) is 3.81. The van der Waals surface area contributed by atoms with Crippen molar-refractivity contribution in [1.29, 1.82) is 0 Å². The predicted octanol–water partition coefficient (Wildman–Crippen LogP) is 3.53. The van der Waals surface area contributed by atoms with Crippen molar-refractivity contribution in [1.82, 2.24) is 4.72 Å². The molecule has 118 valence electrons. The van der Waals surface area contributed by atoms with Crippen LogP contribution in [-0.2, 0) is 16.2 Å². The second-order valence-electron chi connectivity index (χ2n) is 5.06. The normalized spacial score (nSPS) is 24.0. The Bertz CT molecular complexity index is 596. The summed E-state index contributed by atoms with van der Waals surface area (Å²) in [5, 5.41) is 0.00761. The highest BCUT2D eigenvalue weighted by Crippen LogP contribution is 2.34. The minimum absolute atomic E-state index is 0.00761. The van der Waals surface area contributed by atoms with Crippen molar-refractivity contribution in [2.24, 2.45) is 0 Å². The molecule has 0 radical (unpaired) electrons. The van der Waals surface area contributed by atoms with E-state index < -0.39 is 26.7 Å². The van der Waals surface area contributed by atoms with Gasteiger partial charge >= 0.3 is 6.18 Å². The minimum Gasteiger partial charge on any atom is -0.208 e. The molecule has 21 heavy (non-hydrogen) atoms. The maximum absolute atomic E-state index is 12.9. The minimum atomic E-state index is -4.71. The molecular formula is C13H15ClF3NO2S. The lowest BCUT2D eigenvalue weighted by Crippen LogP contribution is -2.38. The van der Waals surface area contributed by atoms with E-state index in [0.717, 1.165) is 12.1 Å². The van der Waals surface area contributed by atoms with Crippen molar-refractivity contribution in [2.45, 2.75) is 48.2 Å². The second-order valence-corrected chi connectivity index (χ2v) is 7.36. The molecule has 1 N–H and O–H groups in total. The molecule has 1 aliphatic carbocycles. The number of sulfonamides is 1. The average molecular weight is 342 g/mol. The number of hydrogen-bond donors (Lipinski definition) is 1. The van der Waals surface area contributed by atoms with E-state index in [9.17, 15) is 21.6 Å². The molecule has 2 rings (SSSR count). The lowest BCUT2D eigenvalue weighted by atomic mass is 9.96. The molecule has 0 saturated heterocycles. The fourth-order valence-corrected chi connectivity index (χ4v) is 4.17. The molecule has 0 atom stereocenters. The fourth-order valence-electron chi connectivity index (χ4n) is 2.39. The highest BCUT2D eigenvalue weighted by Gasteiger charge is 2.37. The van der Waals surface area contributed by atoms with Gasteiger partial charge in [0.2, 0.25) is 10.0 Å². The number of rotatable bonds is 3. The molecule has 0 aliphatic heterocycles. The average Bonchev–Trinajstić information content (AvgIpc) is 2.40. The third kappa shape index (κ3) is 4.11. The Morgan fingerprint density at radius 3 is 2.24 bits per heavy atom. The van der Waals surface area contributed by atoms with E-state index in [2.05, 4.69) is 4.72 Å². The number of benzene rings is 1. The van der Waals surface area contributed by atoms with Crippen LogP contribution in [0.2, 0.25) is 0 Å². The molecular weight excluding hydrogens is 327 g/mol. The van der Waals surface area contributed by atoms with Crippen LogP contribution in [0.3, 0.4) is 0 Å². The van der Waals surface area contributed by atoms with Gasteiger partial charge in [-0.15, -0.1) is 11.6 Å². The zero-order valence-corrected chi connectivity index (χ0v) is 12.6. The molecule has 0 unspecified atom stereocenters. The number of nitrogens with one attached hydrogen (secondary N) is 1. The third-order valence-electron chi connectivity index (χ3n) is 3.46. The van der Waals surface area contributed by atoms with Gasteiger partial charge in [-0.05, 0) is 37.8 Å². The van der Waals surface area contributed by atoms with Gasteiger partial charge in [-0.1, -0.05) is 12.1 Å². The van der Waals surface area contributed by atoms with Crippen molar-refractivity contribution in [2.75, 3.05) is 0 Å². The Balaban J connectivity index is 2.24. The molecule has 1 aliphatic rings. The third-order valence-corrected chi connectivity index (χ3v) is 5.48. The summed E-state index contributed by atoms with van der Waals surface area (Å²) in [7, 11) is -4.20. The zero-order chi connectivity index (χ0) is 15.7. The Morgan fingerprint density at radius 2 is 1.67 bits per heavy atom. The van der Waals surface area contributed by atoms with Crippen LogP contribution < -0.4 is 4.72 Å². The first kappa shape index (κ1) is 16.6. The lowest BCUT2D eigenvalue weighted by molar-refractivity contribution is -0.139. The van der Waals surface area contributed by atoms with E-state index in [1.165, 1.54) is 12.1 Å². The molecule has 1 aromatic rings. The summed E-state index contributed by atoms with van der Waals surface area (Å²) in [5.74, 6) is 0. The molecule has 0 spiro atoms. The van der Waals surface area contributed by atoms with Crippen molar-refractivity contribution in [3.8, 4) is 0 Å². The summed E-state index contributed by atoms with van der Waals surface area (Å²) in [6.45, 7) is 0. The van der Waals surface area contributed by atoms with E-state index in [1.807, 2.05) is 0 Å². The van der Waals surface area contributed by atoms with Crippen LogP contribution in [0.4, 0.5) is 13.2 Å². The highest BCUT2D eigenvalue weighted by atomic mass is 35.5. The maximum Gasteiger partial charge on any atom is 0.417 e. The molecule has 3 nitrogen and oxygen atoms in total. The van der Waals surface area contributed by atoms with E-state index >= 15 is 0 Å². The SMILES string of the molecule is O=S(=O)(NC1CCC(Cl)CC1)c1ccccc1C(F)(F)F. The summed E-state index contributed by atoms with van der Waals surface area (Å²) >= 11 is 5.93. The largest absolute Gasteiger partial charge is 0.417 e. The zero-order valence-electron chi connectivity index (χ0n) is 11.0. The Kier molecular flexibility index (Phi) is 4.85. The van der Waals surface area contributed by atoms with Crippen molar-refractivity contribution >= 4 is 21.6 Å². The lowest BCUT2D eigenvalue weighted by Gasteiger charge is -2.26. The van der Waals surface area contributed by atoms with Crippen LogP contribution >= 0.6 is 11.6 Å². The summed E-state index contributed by atoms with van der Waals surface area (Å²) in [5.41, 5.74) is -1.15. The van der Waals surface area contributed by atoms with Gasteiger partial charge < -0.3 is 0 Å². The summed E-state index contributed by atoms with van der Waals surface area (Å²) in [6.07, 6.45) is -2.35. The second kappa shape index (κ2) is 6.14. The Labute approximate surface area is 126 Å². The van der Waals surface area contributed by atoms with Gasteiger partial charge in [0.05, 0.1) is 10.5 Å². The fraction of sp³-hybridized carbons (Fsp3) is 0.538. The molecule has 0 aromatic heterocycles. The monoisotopic (exact) mass is 341 g/mol. The maximum atomic E-state index is 12.9. The molecule has 1 saturated carbocycles. The quantitative estimate of drug-likeness (QED) is 0.855. The predicted molar refractivity (Wildman–Crippen MR) is 73.7 cm³/mol. The first-order valence-electron chi connectivity index (χ1n) is 6.53. The van der Waals surface area contributed by atoms with E-state index in [4.69, 9.17) is 11.6 Å². The van der Waals surface area contributed by atoms with Gasteiger partial charge in [-0.25, -0.2) is 13.1 Å². The van der Waals surface area contributed by atoms with Crippen molar-refractivity contribution in [3.05, 3.63) is 29.8 Å². The van der Waals surface area contributed by atoms with Gasteiger partial charge in [0, 0.05) is 11.4 Å². The van der Waals surface area contributed by atoms with Crippen LogP contribution in [0, 0.1) is 0 Å². The molecule has 0 amide bonds. The standard InChI is InChI=1S/C13H15ClF3NO2S/c14-9-5-7-10(8-6-9)18-21(19,20)12-4-2-1-3-11(12)13(15,16)17/h1-4,9-10,18H,5-8H2. The molecule has 8 heteroatoms. The number of alkyl halides is 4. The van der Waals surface area contributed by atoms with Gasteiger partial charge in [0.15, 0.2) is 0 Å². The van der Waals surface area contributed by atoms with E-state index in [1.54, 1.807) is 0 Å². The smallest absolute Gasteiger partial charge is 0.208 e. The van der Waals surface area contributed by atoms with Crippen LogP contribution in [-0.4, -0.2) is 19.8 Å². The van der Waals surface area contributed by atoms with E-state index in [-0.39, 0.29) is 11.4 Å². The van der Waals surface area contributed by atoms with Gasteiger partial charge in [-0.3, -0.25) is 0 Å². The Morgan fingerprint density at radius 1 is 1.10 bits per heavy atom. The number of halogens is 4.